The first-order valence-electron chi connectivity index (χ1n) is 4.84. The van der Waals surface area contributed by atoms with Gasteiger partial charge in [-0.25, -0.2) is 4.98 Å². The molecule has 0 aliphatic rings. The monoisotopic (exact) mass is 214 g/mol. The van der Waals surface area contributed by atoms with E-state index < -0.39 is 0 Å². The Morgan fingerprint density at radius 3 is 3.12 bits per heavy atom. The van der Waals surface area contributed by atoms with Gasteiger partial charge in [-0.2, -0.15) is 0 Å². The summed E-state index contributed by atoms with van der Waals surface area (Å²) in [5, 5.41) is 0. The third-order valence-corrected chi connectivity index (χ3v) is 2.23. The molecule has 0 aliphatic heterocycles. The molecule has 0 N–H and O–H groups in total. The number of aromatic nitrogens is 1. The van der Waals surface area contributed by atoms with Crippen LogP contribution in [-0.2, 0) is 6.61 Å². The first kappa shape index (κ1) is 9.03. The lowest BCUT2D eigenvalue weighted by Crippen LogP contribution is -1.94. The summed E-state index contributed by atoms with van der Waals surface area (Å²) in [5.41, 5.74) is 1.34. The van der Waals surface area contributed by atoms with E-state index in [0.29, 0.717) is 23.5 Å². The molecule has 0 amide bonds. The van der Waals surface area contributed by atoms with Crippen molar-refractivity contribution in [1.29, 1.82) is 0 Å². The molecular weight excluding hydrogens is 206 g/mol. The number of benzene rings is 1. The molecule has 0 saturated carbocycles. The molecule has 2 heterocycles. The zero-order valence-corrected chi connectivity index (χ0v) is 8.34. The number of hydrogen-bond donors (Lipinski definition) is 0. The van der Waals surface area contributed by atoms with Crippen LogP contribution in [0.25, 0.3) is 11.1 Å². The van der Waals surface area contributed by atoms with Crippen LogP contribution in [0.4, 0.5) is 0 Å². The van der Waals surface area contributed by atoms with E-state index >= 15 is 0 Å². The molecule has 1 radical (unpaired) electrons. The van der Waals surface area contributed by atoms with Crippen molar-refractivity contribution in [3.63, 3.8) is 0 Å². The Labute approximate surface area is 91.5 Å². The van der Waals surface area contributed by atoms with Crippen LogP contribution in [0.5, 0.6) is 5.75 Å². The molecule has 0 spiro atoms. The average molecular weight is 214 g/mol. The Balaban J connectivity index is 1.86. The van der Waals surface area contributed by atoms with Gasteiger partial charge < -0.3 is 13.6 Å². The van der Waals surface area contributed by atoms with Crippen molar-refractivity contribution in [2.75, 3.05) is 0 Å². The van der Waals surface area contributed by atoms with Crippen molar-refractivity contribution in [2.24, 2.45) is 0 Å². The fourth-order valence-corrected chi connectivity index (χ4v) is 1.47. The molecule has 4 nitrogen and oxygen atoms in total. The number of fused-ring (bicyclic) bond motifs is 1. The smallest absolute Gasteiger partial charge is 0.284 e. The Morgan fingerprint density at radius 1 is 1.25 bits per heavy atom. The minimum Gasteiger partial charge on any atom is -0.483 e. The number of furan rings is 1. The van der Waals surface area contributed by atoms with Crippen LogP contribution in [0.3, 0.4) is 0 Å². The maximum absolute atomic E-state index is 5.59. The highest BCUT2D eigenvalue weighted by Gasteiger charge is 2.06. The van der Waals surface area contributed by atoms with E-state index in [2.05, 4.69) is 11.4 Å². The van der Waals surface area contributed by atoms with E-state index in [1.165, 1.54) is 0 Å². The molecule has 0 saturated heterocycles. The van der Waals surface area contributed by atoms with Gasteiger partial charge in [0.2, 0.25) is 0 Å². The standard InChI is InChI=1S/C12H8NO3/c1-4-10(12-11(5-1)16-8-13-12)15-7-9-3-2-6-14-9/h1-6H,7H2. The summed E-state index contributed by atoms with van der Waals surface area (Å²) in [7, 11) is 0. The molecule has 0 fully saturated rings. The van der Waals surface area contributed by atoms with Gasteiger partial charge in [0, 0.05) is 0 Å². The van der Waals surface area contributed by atoms with Gasteiger partial charge in [0.1, 0.15) is 18.1 Å². The molecule has 0 bridgehead atoms. The van der Waals surface area contributed by atoms with E-state index in [4.69, 9.17) is 13.6 Å². The summed E-state index contributed by atoms with van der Waals surface area (Å²) >= 11 is 0. The molecule has 79 valence electrons. The summed E-state index contributed by atoms with van der Waals surface area (Å²) < 4.78 is 15.8. The quantitative estimate of drug-likeness (QED) is 0.672. The van der Waals surface area contributed by atoms with Crippen LogP contribution < -0.4 is 4.74 Å². The van der Waals surface area contributed by atoms with Gasteiger partial charge in [0.25, 0.3) is 6.39 Å². The predicted molar refractivity (Wildman–Crippen MR) is 55.9 cm³/mol. The Morgan fingerprint density at radius 2 is 2.25 bits per heavy atom. The van der Waals surface area contributed by atoms with Crippen LogP contribution in [0, 0.1) is 6.39 Å². The number of rotatable bonds is 3. The first-order valence-corrected chi connectivity index (χ1v) is 4.84. The number of nitrogens with zero attached hydrogens (tertiary/aromatic N) is 1. The maximum atomic E-state index is 5.59. The number of para-hydroxylation sites is 1. The fourth-order valence-electron chi connectivity index (χ4n) is 1.47. The molecule has 0 unspecified atom stereocenters. The van der Waals surface area contributed by atoms with Crippen LogP contribution in [0.1, 0.15) is 5.76 Å². The zero-order valence-electron chi connectivity index (χ0n) is 8.34. The second-order valence-electron chi connectivity index (χ2n) is 3.28. The second kappa shape index (κ2) is 3.73. The van der Waals surface area contributed by atoms with Crippen molar-refractivity contribution in [3.05, 3.63) is 48.7 Å². The van der Waals surface area contributed by atoms with E-state index in [1.807, 2.05) is 30.3 Å². The molecule has 4 heteroatoms. The van der Waals surface area contributed by atoms with Gasteiger partial charge >= 0.3 is 0 Å². The molecule has 16 heavy (non-hydrogen) atoms. The van der Waals surface area contributed by atoms with Crippen LogP contribution in [-0.4, -0.2) is 4.98 Å². The summed E-state index contributed by atoms with van der Waals surface area (Å²) in [5.74, 6) is 1.43. The van der Waals surface area contributed by atoms with E-state index in [0.717, 1.165) is 5.76 Å². The molecule has 3 aromatic rings. The zero-order chi connectivity index (χ0) is 10.8. The van der Waals surface area contributed by atoms with Gasteiger partial charge in [0.15, 0.2) is 11.1 Å². The SMILES string of the molecule is [c]1nc2c(OCc3ccco3)cccc2o1. The molecule has 0 atom stereocenters. The number of hydrogen-bond acceptors (Lipinski definition) is 4. The second-order valence-corrected chi connectivity index (χ2v) is 3.28. The van der Waals surface area contributed by atoms with Gasteiger partial charge in [-0.1, -0.05) is 6.07 Å². The third-order valence-electron chi connectivity index (χ3n) is 2.23. The van der Waals surface area contributed by atoms with Gasteiger partial charge in [0.05, 0.1) is 6.26 Å². The number of oxazole rings is 1. The molecule has 1 aromatic carbocycles. The lowest BCUT2D eigenvalue weighted by molar-refractivity contribution is 0.273. The first-order chi connectivity index (χ1) is 7.93. The van der Waals surface area contributed by atoms with E-state index in [-0.39, 0.29) is 0 Å². The summed E-state index contributed by atoms with van der Waals surface area (Å²) in [6.45, 7) is 0.374. The Kier molecular flexibility index (Phi) is 2.11. The van der Waals surface area contributed by atoms with Crippen molar-refractivity contribution < 1.29 is 13.6 Å². The lowest BCUT2D eigenvalue weighted by Gasteiger charge is -2.03. The Bertz CT molecular complexity index is 583. The summed E-state index contributed by atoms with van der Waals surface area (Å²) in [6, 6.07) is 9.18. The van der Waals surface area contributed by atoms with Crippen molar-refractivity contribution in [3.8, 4) is 5.75 Å². The van der Waals surface area contributed by atoms with Gasteiger partial charge in [-0.05, 0) is 24.3 Å². The lowest BCUT2D eigenvalue weighted by atomic mass is 10.3. The molecule has 3 rings (SSSR count). The van der Waals surface area contributed by atoms with E-state index in [1.54, 1.807) is 6.26 Å². The van der Waals surface area contributed by atoms with Crippen LogP contribution in [0.15, 0.2) is 45.4 Å². The summed E-state index contributed by atoms with van der Waals surface area (Å²) in [6.07, 6.45) is 4.06. The van der Waals surface area contributed by atoms with Crippen molar-refractivity contribution in [1.82, 2.24) is 4.98 Å². The molecular formula is C12H8NO3. The summed E-state index contributed by atoms with van der Waals surface area (Å²) in [4.78, 5) is 3.97. The van der Waals surface area contributed by atoms with Crippen molar-refractivity contribution in [2.45, 2.75) is 6.61 Å². The topological polar surface area (TPSA) is 48.4 Å². The highest BCUT2D eigenvalue weighted by atomic mass is 16.5. The normalized spacial score (nSPS) is 10.8. The van der Waals surface area contributed by atoms with Crippen LogP contribution >= 0.6 is 0 Å². The molecule has 0 aliphatic carbocycles. The minimum absolute atomic E-state index is 0.374. The Hall–Kier alpha value is -2.23. The molecule has 2 aromatic heterocycles. The highest BCUT2D eigenvalue weighted by molar-refractivity contribution is 5.78. The fraction of sp³-hybridized carbons (Fsp3) is 0.0833. The van der Waals surface area contributed by atoms with Gasteiger partial charge in [-0.3, -0.25) is 0 Å². The van der Waals surface area contributed by atoms with Crippen LogP contribution in [0.2, 0.25) is 0 Å². The highest BCUT2D eigenvalue weighted by Crippen LogP contribution is 2.24. The van der Waals surface area contributed by atoms with Gasteiger partial charge in [-0.15, -0.1) is 0 Å². The van der Waals surface area contributed by atoms with Crippen molar-refractivity contribution >= 4 is 11.1 Å². The predicted octanol–water partition coefficient (Wildman–Crippen LogP) is 2.80. The third kappa shape index (κ3) is 1.54. The number of ether oxygens (including phenoxy) is 1. The largest absolute Gasteiger partial charge is 0.483 e. The minimum atomic E-state index is 0.374. The maximum Gasteiger partial charge on any atom is 0.284 e. The average Bonchev–Trinajstić information content (AvgIpc) is 2.97. The van der Waals surface area contributed by atoms with E-state index in [9.17, 15) is 0 Å².